The normalized spacial score (nSPS) is 13.0. The number of thioether (sulfide) groups is 1. The lowest BCUT2D eigenvalue weighted by atomic mass is 10.1. The Hall–Kier alpha value is -1.34. The van der Waals surface area contributed by atoms with Crippen molar-refractivity contribution in [2.45, 2.75) is 65.7 Å². The van der Waals surface area contributed by atoms with Crippen LogP contribution in [-0.2, 0) is 4.79 Å². The van der Waals surface area contributed by atoms with E-state index in [9.17, 15) is 9.59 Å². The lowest BCUT2D eigenvalue weighted by Gasteiger charge is -2.18. The van der Waals surface area contributed by atoms with Crippen molar-refractivity contribution in [3.8, 4) is 0 Å². The van der Waals surface area contributed by atoms with Crippen LogP contribution in [-0.4, -0.2) is 27.3 Å². The van der Waals surface area contributed by atoms with Crippen molar-refractivity contribution < 1.29 is 4.79 Å². The molecule has 5 nitrogen and oxygen atoms in total. The second kappa shape index (κ2) is 7.91. The Kier molecular flexibility index (Phi) is 6.32. The number of rotatable bonds is 6. The number of aryl methyl sites for hydroxylation is 2. The van der Waals surface area contributed by atoms with Crippen molar-refractivity contribution in [2.75, 3.05) is 5.75 Å². The van der Waals surface area contributed by atoms with Crippen LogP contribution in [0.25, 0.3) is 10.2 Å². The van der Waals surface area contributed by atoms with Crippen molar-refractivity contribution >= 4 is 39.2 Å². The lowest BCUT2D eigenvalue weighted by Crippen LogP contribution is -2.37. The lowest BCUT2D eigenvalue weighted by molar-refractivity contribution is -0.119. The molecule has 138 valence electrons. The Bertz CT molecular complexity index is 837. The number of amides is 1. The predicted molar refractivity (Wildman–Crippen MR) is 107 cm³/mol. The van der Waals surface area contributed by atoms with Crippen molar-refractivity contribution in [1.29, 1.82) is 0 Å². The van der Waals surface area contributed by atoms with E-state index in [2.05, 4.69) is 24.1 Å². The Morgan fingerprint density at radius 2 is 1.88 bits per heavy atom. The van der Waals surface area contributed by atoms with Gasteiger partial charge in [0.25, 0.3) is 5.56 Å². The molecule has 0 saturated heterocycles. The molecule has 0 bridgehead atoms. The fourth-order valence-electron chi connectivity index (χ4n) is 2.44. The monoisotopic (exact) mass is 381 g/mol. The van der Waals surface area contributed by atoms with Crippen LogP contribution in [0, 0.1) is 19.8 Å². The molecule has 0 aromatic carbocycles. The highest BCUT2D eigenvalue weighted by Gasteiger charge is 2.19. The van der Waals surface area contributed by atoms with Gasteiger partial charge in [-0.05, 0) is 46.1 Å². The Morgan fingerprint density at radius 1 is 1.24 bits per heavy atom. The van der Waals surface area contributed by atoms with Crippen LogP contribution in [0.4, 0.5) is 0 Å². The van der Waals surface area contributed by atoms with E-state index in [1.807, 2.05) is 34.6 Å². The van der Waals surface area contributed by atoms with Crippen LogP contribution < -0.4 is 10.9 Å². The topological polar surface area (TPSA) is 64.0 Å². The summed E-state index contributed by atoms with van der Waals surface area (Å²) in [5, 5.41) is 4.31. The summed E-state index contributed by atoms with van der Waals surface area (Å²) >= 11 is 2.87. The Morgan fingerprint density at radius 3 is 2.44 bits per heavy atom. The number of fused-ring (bicyclic) bond motifs is 1. The smallest absolute Gasteiger partial charge is 0.263 e. The zero-order chi connectivity index (χ0) is 18.9. The largest absolute Gasteiger partial charge is 0.353 e. The minimum absolute atomic E-state index is 0.0100. The SMILES string of the molecule is Cc1sc2nc(SCC(=O)N[C@@H](C)C(C)C)n(C(C)C)c(=O)c2c1C. The van der Waals surface area contributed by atoms with Crippen LogP contribution in [0.15, 0.2) is 9.95 Å². The van der Waals surface area contributed by atoms with Crippen LogP contribution in [0.3, 0.4) is 0 Å². The molecule has 2 rings (SSSR count). The van der Waals surface area contributed by atoms with Crippen molar-refractivity contribution in [1.82, 2.24) is 14.9 Å². The van der Waals surface area contributed by atoms with Gasteiger partial charge in [-0.15, -0.1) is 11.3 Å². The van der Waals surface area contributed by atoms with Gasteiger partial charge in [0, 0.05) is 17.0 Å². The van der Waals surface area contributed by atoms with Gasteiger partial charge in [-0.3, -0.25) is 14.2 Å². The standard InChI is InChI=1S/C18H27N3O2S2/c1-9(2)12(6)19-14(22)8-24-18-20-16-15(11(5)13(7)25-16)17(23)21(18)10(3)4/h9-10,12H,8H2,1-7H3,(H,19,22)/t12-/m0/s1. The first-order valence-corrected chi connectivity index (χ1v) is 10.4. The van der Waals surface area contributed by atoms with Gasteiger partial charge in [-0.25, -0.2) is 4.98 Å². The maximum Gasteiger partial charge on any atom is 0.263 e. The summed E-state index contributed by atoms with van der Waals surface area (Å²) in [7, 11) is 0. The minimum Gasteiger partial charge on any atom is -0.353 e. The molecule has 0 aliphatic rings. The number of nitrogens with one attached hydrogen (secondary N) is 1. The van der Waals surface area contributed by atoms with Crippen LogP contribution in [0.5, 0.6) is 0 Å². The van der Waals surface area contributed by atoms with E-state index in [-0.39, 0.29) is 29.3 Å². The first-order chi connectivity index (χ1) is 11.6. The van der Waals surface area contributed by atoms with E-state index in [4.69, 9.17) is 0 Å². The summed E-state index contributed by atoms with van der Waals surface area (Å²) in [6.45, 7) is 14.1. The third kappa shape index (κ3) is 4.26. The van der Waals surface area contributed by atoms with Gasteiger partial charge in [0.2, 0.25) is 5.91 Å². The van der Waals surface area contributed by atoms with Gasteiger partial charge < -0.3 is 5.32 Å². The zero-order valence-corrected chi connectivity index (χ0v) is 17.6. The van der Waals surface area contributed by atoms with E-state index in [0.717, 1.165) is 15.3 Å². The fourth-order valence-corrected chi connectivity index (χ4v) is 4.45. The summed E-state index contributed by atoms with van der Waals surface area (Å²) < 4.78 is 1.70. The molecule has 2 heterocycles. The minimum atomic E-state index is -0.0330. The van der Waals surface area contributed by atoms with Crippen molar-refractivity contribution in [3.05, 3.63) is 20.8 Å². The highest BCUT2D eigenvalue weighted by molar-refractivity contribution is 7.99. The molecule has 0 aliphatic carbocycles. The summed E-state index contributed by atoms with van der Waals surface area (Å²) in [6.07, 6.45) is 0. The number of aromatic nitrogens is 2. The summed E-state index contributed by atoms with van der Waals surface area (Å²) in [5.41, 5.74) is 0.993. The maximum absolute atomic E-state index is 13.0. The number of thiophene rings is 1. The second-order valence-corrected chi connectivity index (χ2v) is 9.16. The molecule has 0 unspecified atom stereocenters. The number of carbonyl (C=O) groups excluding carboxylic acids is 1. The Balaban J connectivity index is 2.33. The van der Waals surface area contributed by atoms with Crippen LogP contribution in [0.1, 0.15) is 51.1 Å². The number of carbonyl (C=O) groups is 1. The number of nitrogens with zero attached hydrogens (tertiary/aromatic N) is 2. The Labute approximate surface area is 157 Å². The molecule has 1 amide bonds. The molecule has 0 spiro atoms. The van der Waals surface area contributed by atoms with Gasteiger partial charge >= 0.3 is 0 Å². The molecule has 1 atom stereocenters. The quantitative estimate of drug-likeness (QED) is 0.609. The van der Waals surface area contributed by atoms with Gasteiger partial charge in [-0.2, -0.15) is 0 Å². The van der Waals surface area contributed by atoms with Gasteiger partial charge in [-0.1, -0.05) is 25.6 Å². The average molecular weight is 382 g/mol. The molecule has 0 radical (unpaired) electrons. The molecule has 25 heavy (non-hydrogen) atoms. The first kappa shape index (κ1) is 20.0. The third-order valence-corrected chi connectivity index (χ3v) is 6.49. The summed E-state index contributed by atoms with van der Waals surface area (Å²) in [6, 6.07) is 0.114. The van der Waals surface area contributed by atoms with Gasteiger partial charge in [0.05, 0.1) is 11.1 Å². The van der Waals surface area contributed by atoms with Crippen molar-refractivity contribution in [3.63, 3.8) is 0 Å². The number of hydrogen-bond acceptors (Lipinski definition) is 5. The van der Waals surface area contributed by atoms with Gasteiger partial charge in [0.15, 0.2) is 5.16 Å². The fraction of sp³-hybridized carbons (Fsp3) is 0.611. The van der Waals surface area contributed by atoms with E-state index in [1.165, 1.54) is 23.1 Å². The van der Waals surface area contributed by atoms with Crippen LogP contribution >= 0.6 is 23.1 Å². The molecule has 2 aromatic heterocycles. The highest BCUT2D eigenvalue weighted by atomic mass is 32.2. The molecular weight excluding hydrogens is 354 g/mol. The molecule has 0 fully saturated rings. The molecule has 1 N–H and O–H groups in total. The summed E-state index contributed by atoms with van der Waals surface area (Å²) in [4.78, 5) is 31.7. The highest BCUT2D eigenvalue weighted by Crippen LogP contribution is 2.29. The second-order valence-electron chi connectivity index (χ2n) is 7.02. The van der Waals surface area contributed by atoms with Crippen molar-refractivity contribution in [2.24, 2.45) is 5.92 Å². The number of hydrogen-bond donors (Lipinski definition) is 1. The average Bonchev–Trinajstić information content (AvgIpc) is 2.79. The zero-order valence-electron chi connectivity index (χ0n) is 16.0. The van der Waals surface area contributed by atoms with E-state index in [0.29, 0.717) is 16.5 Å². The predicted octanol–water partition coefficient (Wildman–Crippen LogP) is 3.91. The molecule has 7 heteroatoms. The third-order valence-electron chi connectivity index (χ3n) is 4.44. The van der Waals surface area contributed by atoms with E-state index < -0.39 is 0 Å². The van der Waals surface area contributed by atoms with E-state index >= 15 is 0 Å². The first-order valence-electron chi connectivity index (χ1n) is 8.57. The van der Waals surface area contributed by atoms with E-state index in [1.54, 1.807) is 4.57 Å². The van der Waals surface area contributed by atoms with Gasteiger partial charge in [0.1, 0.15) is 4.83 Å². The molecular formula is C18H27N3O2S2. The maximum atomic E-state index is 13.0. The van der Waals surface area contributed by atoms with Crippen LogP contribution in [0.2, 0.25) is 0 Å². The molecule has 0 saturated carbocycles. The summed E-state index contributed by atoms with van der Waals surface area (Å²) in [5.74, 6) is 0.606. The molecule has 2 aromatic rings. The molecule has 0 aliphatic heterocycles.